The number of hydrogen-bond acceptors (Lipinski definition) is 2. The van der Waals surface area contributed by atoms with Crippen molar-refractivity contribution in [3.63, 3.8) is 0 Å². The van der Waals surface area contributed by atoms with Crippen molar-refractivity contribution in [2.45, 2.75) is 90.5 Å². The van der Waals surface area contributed by atoms with Gasteiger partial charge in [0.05, 0.1) is 6.61 Å². The summed E-state index contributed by atoms with van der Waals surface area (Å²) in [6.07, 6.45) is 12.4. The van der Waals surface area contributed by atoms with E-state index in [0.29, 0.717) is 13.3 Å². The topological polar surface area (TPSA) is 38.3 Å². The van der Waals surface area contributed by atoms with Crippen LogP contribution in [0.5, 0.6) is 0 Å². The van der Waals surface area contributed by atoms with Gasteiger partial charge in [-0.25, -0.2) is 4.57 Å². The molecule has 1 N–H and O–H groups in total. The van der Waals surface area contributed by atoms with Gasteiger partial charge in [-0.1, -0.05) is 138 Å². The van der Waals surface area contributed by atoms with E-state index < -0.39 is 6.10 Å². The smallest absolute Gasteiger partial charge is 0.293 e. The van der Waals surface area contributed by atoms with Gasteiger partial charge in [0.15, 0.2) is 23.9 Å². The molecule has 0 aliphatic rings. The molecule has 0 aliphatic carbocycles. The number of unbranched alkanes of at least 4 members (excludes halogenated alkanes) is 9. The molecule has 5 heteroatoms. The first-order chi connectivity index (χ1) is 18.8. The molecule has 4 rings (SSSR count). The average molecular weight is 549 g/mol. The first kappa shape index (κ1) is 30.9. The summed E-state index contributed by atoms with van der Waals surface area (Å²) in [5.41, 5.74) is 4.27. The number of halogens is 1. The Kier molecular flexibility index (Phi) is 13.6. The number of aliphatic hydroxyl groups is 1. The van der Waals surface area contributed by atoms with Crippen LogP contribution in [-0.2, 0) is 18.0 Å². The quantitative estimate of drug-likeness (QED) is 0.150. The van der Waals surface area contributed by atoms with E-state index in [-0.39, 0.29) is 12.4 Å². The Labute approximate surface area is 241 Å². The van der Waals surface area contributed by atoms with Crippen LogP contribution in [0, 0.1) is 0 Å². The van der Waals surface area contributed by atoms with Gasteiger partial charge in [-0.15, -0.1) is 0 Å². The first-order valence-corrected chi connectivity index (χ1v) is 14.6. The van der Waals surface area contributed by atoms with Crippen LogP contribution in [0.2, 0.25) is 0 Å². The van der Waals surface area contributed by atoms with E-state index in [1.54, 1.807) is 0 Å². The molecule has 0 bridgehead atoms. The van der Waals surface area contributed by atoms with Crippen molar-refractivity contribution in [1.29, 1.82) is 0 Å². The Bertz CT molecular complexity index is 1210. The van der Waals surface area contributed by atoms with Crippen LogP contribution < -0.4 is 17.0 Å². The lowest BCUT2D eigenvalue weighted by Crippen LogP contribution is -3.00. The van der Waals surface area contributed by atoms with Gasteiger partial charge in [-0.3, -0.25) is 0 Å². The Morgan fingerprint density at radius 2 is 1.28 bits per heavy atom. The Morgan fingerprint density at radius 1 is 0.718 bits per heavy atom. The summed E-state index contributed by atoms with van der Waals surface area (Å²) in [5, 5.41) is 11.6. The lowest BCUT2D eigenvalue weighted by molar-refractivity contribution is -0.674. The third kappa shape index (κ3) is 8.93. The highest BCUT2D eigenvalue weighted by molar-refractivity contribution is 5.72. The highest BCUT2D eigenvalue weighted by atomic mass is 35.5. The second-order valence-electron chi connectivity index (χ2n) is 10.4. The largest absolute Gasteiger partial charge is 1.00 e. The minimum atomic E-state index is -0.756. The molecule has 210 valence electrons. The van der Waals surface area contributed by atoms with Gasteiger partial charge in [-0.2, -0.15) is 4.57 Å². The van der Waals surface area contributed by atoms with Crippen LogP contribution in [0.1, 0.15) is 94.2 Å². The zero-order valence-corrected chi connectivity index (χ0v) is 24.2. The summed E-state index contributed by atoms with van der Waals surface area (Å²) in [6.45, 7) is 4.13. The zero-order valence-electron chi connectivity index (χ0n) is 23.5. The molecule has 1 unspecified atom stereocenters. The first-order valence-electron chi connectivity index (χ1n) is 14.6. The number of benzene rings is 3. The summed E-state index contributed by atoms with van der Waals surface area (Å²) in [7, 11) is 0. The molecule has 39 heavy (non-hydrogen) atoms. The second kappa shape index (κ2) is 17.1. The van der Waals surface area contributed by atoms with Gasteiger partial charge in [0.1, 0.15) is 6.54 Å². The summed E-state index contributed by atoms with van der Waals surface area (Å²) in [4.78, 5) is 0. The van der Waals surface area contributed by atoms with E-state index in [4.69, 9.17) is 4.74 Å². The standard InChI is InChI=1S/C34H45N2O2.ClH/c1-2-3-4-5-6-7-8-9-10-19-26-38-28-36-32-25-18-17-24-31(32)35(27-29-20-13-11-14-21-29)34(36)33(37)30-22-15-12-16-23-30;/h11-18,20-25,33,37H,2-10,19,26-28H2,1H3;1H/q+1;/p-1. The maximum atomic E-state index is 11.6. The molecule has 1 heterocycles. The lowest BCUT2D eigenvalue weighted by atomic mass is 10.1. The van der Waals surface area contributed by atoms with Gasteiger partial charge < -0.3 is 22.3 Å². The Balaban J connectivity index is 0.00000420. The molecule has 4 nitrogen and oxygen atoms in total. The number of para-hydroxylation sites is 2. The van der Waals surface area contributed by atoms with Crippen LogP contribution in [0.3, 0.4) is 0 Å². The van der Waals surface area contributed by atoms with Crippen molar-refractivity contribution in [2.24, 2.45) is 0 Å². The molecule has 0 aliphatic heterocycles. The fraction of sp³-hybridized carbons (Fsp3) is 0.441. The maximum Gasteiger partial charge on any atom is 0.293 e. The van der Waals surface area contributed by atoms with E-state index in [2.05, 4.69) is 64.6 Å². The van der Waals surface area contributed by atoms with Gasteiger partial charge in [0.2, 0.25) is 0 Å². The van der Waals surface area contributed by atoms with Crippen LogP contribution in [0.15, 0.2) is 84.9 Å². The molecular formula is C34H45ClN2O2. The molecule has 0 spiro atoms. The predicted molar refractivity (Wildman–Crippen MR) is 156 cm³/mol. The van der Waals surface area contributed by atoms with Gasteiger partial charge in [-0.05, 0) is 29.7 Å². The minimum Gasteiger partial charge on any atom is -1.00 e. The number of aromatic nitrogens is 2. The molecule has 1 aromatic heterocycles. The molecule has 3 aromatic carbocycles. The fourth-order valence-corrected chi connectivity index (χ4v) is 5.31. The normalized spacial score (nSPS) is 11.9. The van der Waals surface area contributed by atoms with E-state index in [1.165, 1.54) is 63.4 Å². The van der Waals surface area contributed by atoms with E-state index in [9.17, 15) is 5.11 Å². The molecule has 0 saturated heterocycles. The zero-order chi connectivity index (χ0) is 26.4. The van der Waals surface area contributed by atoms with Crippen molar-refractivity contribution in [3.8, 4) is 0 Å². The summed E-state index contributed by atoms with van der Waals surface area (Å²) < 4.78 is 10.6. The molecule has 0 fully saturated rings. The second-order valence-corrected chi connectivity index (χ2v) is 10.4. The maximum absolute atomic E-state index is 11.6. The summed E-state index contributed by atoms with van der Waals surface area (Å²) in [6, 6.07) is 28.8. The third-order valence-electron chi connectivity index (χ3n) is 7.42. The molecular weight excluding hydrogens is 504 g/mol. The molecule has 0 radical (unpaired) electrons. The van der Waals surface area contributed by atoms with Gasteiger partial charge >= 0.3 is 0 Å². The number of nitrogens with zero attached hydrogens (tertiary/aromatic N) is 2. The highest BCUT2D eigenvalue weighted by Crippen LogP contribution is 2.25. The minimum absolute atomic E-state index is 0. The summed E-state index contributed by atoms with van der Waals surface area (Å²) >= 11 is 0. The molecule has 1 atom stereocenters. The number of ether oxygens (including phenoxy) is 1. The predicted octanol–water partition coefficient (Wildman–Crippen LogP) is 4.96. The van der Waals surface area contributed by atoms with Crippen LogP contribution in [0.25, 0.3) is 11.0 Å². The average Bonchev–Trinajstić information content (AvgIpc) is 3.27. The van der Waals surface area contributed by atoms with Gasteiger partial charge in [0, 0.05) is 0 Å². The Hall–Kier alpha value is -2.66. The fourth-order valence-electron chi connectivity index (χ4n) is 5.31. The Morgan fingerprint density at radius 3 is 1.95 bits per heavy atom. The number of rotatable bonds is 17. The molecule has 4 aromatic rings. The molecule has 0 amide bonds. The highest BCUT2D eigenvalue weighted by Gasteiger charge is 2.31. The lowest BCUT2D eigenvalue weighted by Gasteiger charge is -2.12. The van der Waals surface area contributed by atoms with E-state index in [0.717, 1.165) is 35.4 Å². The van der Waals surface area contributed by atoms with Crippen LogP contribution in [-0.4, -0.2) is 16.3 Å². The van der Waals surface area contributed by atoms with E-state index >= 15 is 0 Å². The SMILES string of the molecule is CCCCCCCCCCCCOCn1c(C(O)c2ccccc2)[n+](Cc2ccccc2)c2ccccc21.[Cl-]. The van der Waals surface area contributed by atoms with Crippen LogP contribution in [0.4, 0.5) is 0 Å². The third-order valence-corrected chi connectivity index (χ3v) is 7.42. The van der Waals surface area contributed by atoms with Crippen molar-refractivity contribution in [3.05, 3.63) is 102 Å². The number of hydrogen-bond donors (Lipinski definition) is 1. The van der Waals surface area contributed by atoms with Crippen molar-refractivity contribution in [2.75, 3.05) is 6.61 Å². The van der Waals surface area contributed by atoms with Crippen LogP contribution >= 0.6 is 0 Å². The van der Waals surface area contributed by atoms with E-state index in [1.807, 2.05) is 36.4 Å². The summed E-state index contributed by atoms with van der Waals surface area (Å²) in [5.74, 6) is 0.851. The number of aliphatic hydroxyl groups excluding tert-OH is 1. The van der Waals surface area contributed by atoms with Crippen molar-refractivity contribution < 1.29 is 26.8 Å². The van der Waals surface area contributed by atoms with Gasteiger partial charge in [0.25, 0.3) is 5.82 Å². The van der Waals surface area contributed by atoms with Crippen molar-refractivity contribution in [1.82, 2.24) is 4.57 Å². The molecule has 0 saturated carbocycles. The number of imidazole rings is 1. The number of fused-ring (bicyclic) bond motifs is 1. The monoisotopic (exact) mass is 548 g/mol. The van der Waals surface area contributed by atoms with Crippen molar-refractivity contribution >= 4 is 11.0 Å².